The van der Waals surface area contributed by atoms with Crippen molar-refractivity contribution in [3.8, 4) is 11.6 Å². The van der Waals surface area contributed by atoms with Crippen LogP contribution in [0.2, 0.25) is 0 Å². The summed E-state index contributed by atoms with van der Waals surface area (Å²) in [6.07, 6.45) is 0.367. The Balaban J connectivity index is 1.52. The van der Waals surface area contributed by atoms with Crippen molar-refractivity contribution in [3.63, 3.8) is 0 Å². The van der Waals surface area contributed by atoms with Gasteiger partial charge < -0.3 is 20.5 Å². The van der Waals surface area contributed by atoms with Crippen molar-refractivity contribution in [1.29, 1.82) is 0 Å². The van der Waals surface area contributed by atoms with Crippen LogP contribution in [0.3, 0.4) is 0 Å². The Kier molecular flexibility index (Phi) is 8.22. The summed E-state index contributed by atoms with van der Waals surface area (Å²) in [6, 6.07) is 7.87. The highest BCUT2D eigenvalue weighted by Gasteiger charge is 2.27. The molecular weight excluding hydrogens is 566 g/mol. The summed E-state index contributed by atoms with van der Waals surface area (Å²) in [5.74, 6) is -2.42. The zero-order valence-electron chi connectivity index (χ0n) is 20.6. The summed E-state index contributed by atoms with van der Waals surface area (Å²) in [5, 5.41) is 15.2. The predicted octanol–water partition coefficient (Wildman–Crippen LogP) is 2.84. The maximum atomic E-state index is 14.0. The summed E-state index contributed by atoms with van der Waals surface area (Å²) in [5.41, 5.74) is 0.823. The van der Waals surface area contributed by atoms with Crippen LogP contribution in [0.1, 0.15) is 40.2 Å². The van der Waals surface area contributed by atoms with E-state index >= 15 is 0 Å². The molecule has 3 aromatic rings. The van der Waals surface area contributed by atoms with Crippen LogP contribution in [0.4, 0.5) is 8.78 Å². The number of amides is 2. The minimum Gasteiger partial charge on any atom is -0.472 e. The standard InChI is InChI=1S/C26H25BrF2N4O5/c1-13-3-4-15(23(35)30-11-21(34)24(36)32-18-7-8-18)9-20(13)33-14(2)31-25(22(27)26(33)37)38-12-16-5-6-17(28)10-19(16)29/h3-6,9-10,18,21,34H,7-8,11-12H2,1-2H3,(H,30,35)(H,32,36). The van der Waals surface area contributed by atoms with Gasteiger partial charge in [-0.3, -0.25) is 19.0 Å². The van der Waals surface area contributed by atoms with Crippen molar-refractivity contribution >= 4 is 27.7 Å². The Bertz CT molecular complexity index is 1460. The number of carbonyl (C=O) groups is 2. The molecule has 0 spiro atoms. The zero-order valence-corrected chi connectivity index (χ0v) is 22.1. The number of aliphatic hydroxyl groups is 1. The first-order valence-electron chi connectivity index (χ1n) is 11.8. The quantitative estimate of drug-likeness (QED) is 0.352. The van der Waals surface area contributed by atoms with E-state index in [2.05, 4.69) is 31.5 Å². The Morgan fingerprint density at radius 2 is 1.95 bits per heavy atom. The second-order valence-corrected chi connectivity index (χ2v) is 9.75. The lowest BCUT2D eigenvalue weighted by molar-refractivity contribution is -0.129. The van der Waals surface area contributed by atoms with Crippen LogP contribution < -0.4 is 20.9 Å². The number of halogens is 3. The summed E-state index contributed by atoms with van der Waals surface area (Å²) < 4.78 is 33.9. The molecule has 12 heteroatoms. The molecule has 1 aliphatic rings. The van der Waals surface area contributed by atoms with Gasteiger partial charge in [-0.1, -0.05) is 6.07 Å². The third-order valence-corrected chi connectivity index (χ3v) is 6.62. The van der Waals surface area contributed by atoms with Gasteiger partial charge in [0.2, 0.25) is 5.88 Å². The summed E-state index contributed by atoms with van der Waals surface area (Å²) in [4.78, 5) is 42.2. The van der Waals surface area contributed by atoms with E-state index in [1.165, 1.54) is 16.7 Å². The number of aryl methyl sites for hydroxylation is 2. The molecular formula is C26H25BrF2N4O5. The second kappa shape index (κ2) is 11.4. The fraction of sp³-hybridized carbons (Fsp3) is 0.308. The maximum Gasteiger partial charge on any atom is 0.276 e. The van der Waals surface area contributed by atoms with Gasteiger partial charge in [0.15, 0.2) is 0 Å². The van der Waals surface area contributed by atoms with Gasteiger partial charge in [-0.15, -0.1) is 0 Å². The summed E-state index contributed by atoms with van der Waals surface area (Å²) >= 11 is 3.19. The van der Waals surface area contributed by atoms with E-state index in [-0.39, 0.29) is 46.5 Å². The lowest BCUT2D eigenvalue weighted by Crippen LogP contribution is -2.43. The monoisotopic (exact) mass is 590 g/mol. The summed E-state index contributed by atoms with van der Waals surface area (Å²) in [6.45, 7) is 2.78. The van der Waals surface area contributed by atoms with Gasteiger partial charge in [-0.25, -0.2) is 8.78 Å². The predicted molar refractivity (Wildman–Crippen MR) is 137 cm³/mol. The molecule has 0 aliphatic heterocycles. The van der Waals surface area contributed by atoms with Gasteiger partial charge in [0.1, 0.15) is 34.6 Å². The van der Waals surface area contributed by atoms with Gasteiger partial charge in [0.25, 0.3) is 17.4 Å². The lowest BCUT2D eigenvalue weighted by atomic mass is 10.1. The third kappa shape index (κ3) is 6.25. The number of ether oxygens (including phenoxy) is 1. The molecule has 3 N–H and O–H groups in total. The third-order valence-electron chi connectivity index (χ3n) is 5.94. The SMILES string of the molecule is Cc1ccc(C(=O)NCC(O)C(=O)NC2CC2)cc1-n1c(C)nc(OCc2ccc(F)cc2F)c(Br)c1=O. The molecule has 1 fully saturated rings. The Hall–Kier alpha value is -3.64. The van der Waals surface area contributed by atoms with Crippen molar-refractivity contribution in [2.45, 2.75) is 45.4 Å². The molecule has 0 radical (unpaired) electrons. The molecule has 0 bridgehead atoms. The van der Waals surface area contributed by atoms with E-state index in [0.717, 1.165) is 25.0 Å². The van der Waals surface area contributed by atoms with Crippen molar-refractivity contribution in [1.82, 2.24) is 20.2 Å². The highest BCUT2D eigenvalue weighted by Crippen LogP contribution is 2.24. The van der Waals surface area contributed by atoms with E-state index in [1.54, 1.807) is 26.0 Å². The van der Waals surface area contributed by atoms with Gasteiger partial charge in [0, 0.05) is 23.2 Å². The largest absolute Gasteiger partial charge is 0.472 e. The highest BCUT2D eigenvalue weighted by molar-refractivity contribution is 9.10. The molecule has 1 aliphatic carbocycles. The average molecular weight is 591 g/mol. The van der Waals surface area contributed by atoms with Crippen molar-refractivity contribution in [2.75, 3.05) is 6.54 Å². The number of aliphatic hydroxyl groups excluding tert-OH is 1. The fourth-order valence-electron chi connectivity index (χ4n) is 3.65. The topological polar surface area (TPSA) is 123 Å². The molecule has 0 saturated heterocycles. The van der Waals surface area contributed by atoms with Gasteiger partial charge in [-0.2, -0.15) is 4.98 Å². The highest BCUT2D eigenvalue weighted by atomic mass is 79.9. The number of benzene rings is 2. The number of hydrogen-bond acceptors (Lipinski definition) is 6. The minimum atomic E-state index is -1.38. The number of rotatable bonds is 9. The van der Waals surface area contributed by atoms with Crippen molar-refractivity contribution in [2.24, 2.45) is 0 Å². The molecule has 1 saturated carbocycles. The molecule has 38 heavy (non-hydrogen) atoms. The van der Waals surface area contributed by atoms with E-state index in [9.17, 15) is 28.3 Å². The van der Waals surface area contributed by atoms with E-state index in [4.69, 9.17) is 4.74 Å². The first kappa shape index (κ1) is 27.4. The number of carbonyl (C=O) groups excluding carboxylic acids is 2. The Morgan fingerprint density at radius 3 is 2.63 bits per heavy atom. The van der Waals surface area contributed by atoms with Crippen LogP contribution in [0, 0.1) is 25.5 Å². The Morgan fingerprint density at radius 1 is 1.21 bits per heavy atom. The van der Waals surface area contributed by atoms with Crippen LogP contribution in [0.25, 0.3) is 5.69 Å². The van der Waals surface area contributed by atoms with Crippen molar-refractivity contribution in [3.05, 3.63) is 85.4 Å². The molecule has 2 amide bonds. The maximum absolute atomic E-state index is 14.0. The van der Waals surface area contributed by atoms with Gasteiger partial charge in [0.05, 0.1) is 12.2 Å². The van der Waals surface area contributed by atoms with Crippen molar-refractivity contribution < 1.29 is 28.2 Å². The molecule has 200 valence electrons. The normalized spacial score (nSPS) is 13.6. The summed E-state index contributed by atoms with van der Waals surface area (Å²) in [7, 11) is 0. The van der Waals surface area contributed by atoms with Crippen LogP contribution in [0.5, 0.6) is 5.88 Å². The lowest BCUT2D eigenvalue weighted by Gasteiger charge is -2.16. The molecule has 2 aromatic carbocycles. The van der Waals surface area contributed by atoms with E-state index in [1.807, 2.05) is 0 Å². The molecule has 1 atom stereocenters. The molecule has 9 nitrogen and oxygen atoms in total. The first-order valence-corrected chi connectivity index (χ1v) is 12.6. The molecule has 1 unspecified atom stereocenters. The smallest absolute Gasteiger partial charge is 0.276 e. The molecule has 1 heterocycles. The van der Waals surface area contributed by atoms with E-state index in [0.29, 0.717) is 11.3 Å². The van der Waals surface area contributed by atoms with Crippen LogP contribution in [0.15, 0.2) is 45.7 Å². The zero-order chi connectivity index (χ0) is 27.6. The average Bonchev–Trinajstić information content (AvgIpc) is 3.69. The van der Waals surface area contributed by atoms with Gasteiger partial charge >= 0.3 is 0 Å². The molecule has 4 rings (SSSR count). The van der Waals surface area contributed by atoms with Crippen LogP contribution >= 0.6 is 15.9 Å². The fourth-order valence-corrected chi connectivity index (χ4v) is 4.03. The number of hydrogen-bond donors (Lipinski definition) is 3. The second-order valence-electron chi connectivity index (χ2n) is 8.95. The minimum absolute atomic E-state index is 0.0235. The number of nitrogens with zero attached hydrogens (tertiary/aromatic N) is 2. The van der Waals surface area contributed by atoms with Crippen LogP contribution in [-0.2, 0) is 11.4 Å². The molecule has 1 aromatic heterocycles. The van der Waals surface area contributed by atoms with E-state index < -0.39 is 35.1 Å². The van der Waals surface area contributed by atoms with Crippen LogP contribution in [-0.4, -0.2) is 45.2 Å². The van der Waals surface area contributed by atoms with Gasteiger partial charge in [-0.05, 0) is 72.4 Å². The Labute approximate surface area is 225 Å². The first-order chi connectivity index (χ1) is 18.0. The number of nitrogens with one attached hydrogen (secondary N) is 2. The number of aromatic nitrogens is 2.